The number of carbonyl (C=O) groups excluding carboxylic acids is 1. The molecule has 1 aliphatic carbocycles. The van der Waals surface area contributed by atoms with Gasteiger partial charge in [-0.15, -0.1) is 0 Å². The van der Waals surface area contributed by atoms with Crippen LogP contribution in [0.5, 0.6) is 0 Å². The Labute approximate surface area is 226 Å². The molecule has 0 bridgehead atoms. The van der Waals surface area contributed by atoms with E-state index in [4.69, 9.17) is 4.42 Å². The smallest absolute Gasteiger partial charge is 0.311 e. The van der Waals surface area contributed by atoms with Gasteiger partial charge in [-0.05, 0) is 62.0 Å². The van der Waals surface area contributed by atoms with Gasteiger partial charge in [0.25, 0.3) is 0 Å². The second-order valence-corrected chi connectivity index (χ2v) is 11.7. The summed E-state index contributed by atoms with van der Waals surface area (Å²) in [6, 6.07) is 16.6. The van der Waals surface area contributed by atoms with Gasteiger partial charge in [-0.2, -0.15) is 0 Å². The molecule has 3 unspecified atom stereocenters. The van der Waals surface area contributed by atoms with Crippen LogP contribution in [-0.2, 0) is 21.4 Å². The summed E-state index contributed by atoms with van der Waals surface area (Å²) in [5.74, 6) is -0.512. The van der Waals surface area contributed by atoms with Crippen LogP contribution < -0.4 is 0 Å². The van der Waals surface area contributed by atoms with E-state index in [1.807, 2.05) is 82.6 Å². The molecule has 0 amide bonds. The molecule has 1 saturated carbocycles. The van der Waals surface area contributed by atoms with Gasteiger partial charge in [0, 0.05) is 36.3 Å². The minimum atomic E-state index is -1.16. The van der Waals surface area contributed by atoms with Gasteiger partial charge in [0.2, 0.25) is 0 Å². The van der Waals surface area contributed by atoms with Crippen LogP contribution in [0.25, 0.3) is 0 Å². The topological polar surface area (TPSA) is 83.6 Å². The fourth-order valence-electron chi connectivity index (χ4n) is 6.67. The first kappa shape index (κ1) is 27.8. The van der Waals surface area contributed by atoms with E-state index in [-0.39, 0.29) is 11.7 Å². The standard InChI is InChI=1S/C22H26O4.C10H14N2/c1-14(2)18(23)22(20(3,4)21(22,5)19(24)25)16-12-17(26-13-16)11-15-9-7-6-8-10-15;1-12-7-3-5-10(12)9-4-2-6-11-8-9/h6-10,12-14H,11H2,1-5H3,(H,24,25);2,4,6,8,10H,3,5,7H2,1H3. The van der Waals surface area contributed by atoms with Crippen LogP contribution in [0.4, 0.5) is 0 Å². The van der Waals surface area contributed by atoms with E-state index >= 15 is 0 Å². The molecular weight excluding hydrogens is 476 g/mol. The van der Waals surface area contributed by atoms with Gasteiger partial charge in [0.1, 0.15) is 11.5 Å². The fraction of sp³-hybridized carbons (Fsp3) is 0.469. The van der Waals surface area contributed by atoms with Crippen molar-refractivity contribution < 1.29 is 19.1 Å². The molecule has 6 nitrogen and oxygen atoms in total. The lowest BCUT2D eigenvalue weighted by Gasteiger charge is -2.21. The van der Waals surface area contributed by atoms with Crippen LogP contribution >= 0.6 is 0 Å². The molecular formula is C32H40N2O4. The second-order valence-electron chi connectivity index (χ2n) is 11.7. The molecule has 202 valence electrons. The van der Waals surface area contributed by atoms with Crippen molar-refractivity contribution in [1.29, 1.82) is 0 Å². The van der Waals surface area contributed by atoms with Gasteiger partial charge >= 0.3 is 5.97 Å². The van der Waals surface area contributed by atoms with E-state index in [9.17, 15) is 14.7 Å². The summed E-state index contributed by atoms with van der Waals surface area (Å²) in [7, 11) is 2.19. The lowest BCUT2D eigenvalue weighted by Crippen LogP contribution is -2.34. The predicted molar refractivity (Wildman–Crippen MR) is 148 cm³/mol. The molecule has 0 radical (unpaired) electrons. The van der Waals surface area contributed by atoms with Gasteiger partial charge < -0.3 is 9.52 Å². The van der Waals surface area contributed by atoms with E-state index in [2.05, 4.69) is 23.0 Å². The number of aromatic nitrogens is 1. The highest BCUT2D eigenvalue weighted by Crippen LogP contribution is 2.79. The Balaban J connectivity index is 0.000000232. The van der Waals surface area contributed by atoms with Crippen molar-refractivity contribution in [2.75, 3.05) is 13.6 Å². The molecule has 5 rings (SSSR count). The van der Waals surface area contributed by atoms with Gasteiger partial charge in [0.05, 0.1) is 17.1 Å². The Morgan fingerprint density at radius 2 is 1.84 bits per heavy atom. The number of carboxylic acids is 1. The molecule has 2 aromatic heterocycles. The maximum Gasteiger partial charge on any atom is 0.311 e. The van der Waals surface area contributed by atoms with Crippen molar-refractivity contribution in [3.05, 3.63) is 89.6 Å². The van der Waals surface area contributed by atoms with Crippen molar-refractivity contribution >= 4 is 11.8 Å². The van der Waals surface area contributed by atoms with E-state index in [1.54, 1.807) is 13.2 Å². The first-order chi connectivity index (χ1) is 18.0. The first-order valence-electron chi connectivity index (χ1n) is 13.5. The molecule has 3 atom stereocenters. The number of rotatable bonds is 7. The molecule has 0 spiro atoms. The molecule has 2 aliphatic rings. The van der Waals surface area contributed by atoms with Gasteiger partial charge in [0.15, 0.2) is 0 Å². The number of furan rings is 1. The van der Waals surface area contributed by atoms with Crippen LogP contribution in [0.3, 0.4) is 0 Å². The first-order valence-corrected chi connectivity index (χ1v) is 13.5. The summed E-state index contributed by atoms with van der Waals surface area (Å²) >= 11 is 0. The molecule has 2 fully saturated rings. The molecule has 3 aromatic rings. The number of aliphatic carboxylic acids is 1. The van der Waals surface area contributed by atoms with Crippen molar-refractivity contribution in [2.24, 2.45) is 16.7 Å². The Hall–Kier alpha value is -3.25. The molecule has 6 heteroatoms. The summed E-state index contributed by atoms with van der Waals surface area (Å²) in [4.78, 5) is 31.9. The summed E-state index contributed by atoms with van der Waals surface area (Å²) in [5.41, 5.74) is 0.220. The number of pyridine rings is 1. The molecule has 3 heterocycles. The lowest BCUT2D eigenvalue weighted by atomic mass is 9.78. The van der Waals surface area contributed by atoms with E-state index in [0.717, 1.165) is 11.3 Å². The molecule has 1 aliphatic heterocycles. The minimum Gasteiger partial charge on any atom is -0.481 e. The normalized spacial score (nSPS) is 26.0. The Morgan fingerprint density at radius 1 is 1.13 bits per heavy atom. The highest BCUT2D eigenvalue weighted by atomic mass is 16.4. The maximum absolute atomic E-state index is 13.2. The van der Waals surface area contributed by atoms with Crippen molar-refractivity contribution in [1.82, 2.24) is 9.88 Å². The number of benzene rings is 1. The van der Waals surface area contributed by atoms with Crippen LogP contribution in [0.2, 0.25) is 0 Å². The number of hydrogen-bond donors (Lipinski definition) is 1. The average Bonchev–Trinajstić information content (AvgIpc) is 3.35. The zero-order valence-electron chi connectivity index (χ0n) is 23.4. The lowest BCUT2D eigenvalue weighted by molar-refractivity contribution is -0.146. The van der Waals surface area contributed by atoms with Crippen molar-refractivity contribution in [3.8, 4) is 0 Å². The van der Waals surface area contributed by atoms with E-state index < -0.39 is 22.2 Å². The Morgan fingerprint density at radius 3 is 2.37 bits per heavy atom. The monoisotopic (exact) mass is 516 g/mol. The van der Waals surface area contributed by atoms with Crippen molar-refractivity contribution in [3.63, 3.8) is 0 Å². The van der Waals surface area contributed by atoms with Crippen LogP contribution in [0, 0.1) is 16.7 Å². The number of ketones is 1. The van der Waals surface area contributed by atoms with Gasteiger partial charge in [-0.1, -0.05) is 64.1 Å². The summed E-state index contributed by atoms with van der Waals surface area (Å²) < 4.78 is 5.75. The molecule has 1 N–H and O–H groups in total. The minimum absolute atomic E-state index is 0.0422. The summed E-state index contributed by atoms with van der Waals surface area (Å²) in [5, 5.41) is 9.93. The number of carboxylic acid groups (broad SMARTS) is 1. The zero-order chi connectivity index (χ0) is 27.7. The number of hydrogen-bond acceptors (Lipinski definition) is 5. The number of nitrogens with zero attached hydrogens (tertiary/aromatic N) is 2. The molecule has 1 saturated heterocycles. The van der Waals surface area contributed by atoms with Crippen LogP contribution in [0.1, 0.15) is 76.0 Å². The SMILES string of the molecule is CC(C)C(=O)C1(c2coc(Cc3ccccc3)c2)C(C)(C)C1(C)C(=O)O.CN1CCCC1c1cccnc1. The molecule has 38 heavy (non-hydrogen) atoms. The summed E-state index contributed by atoms with van der Waals surface area (Å²) in [6.07, 6.45) is 8.59. The van der Waals surface area contributed by atoms with Crippen LogP contribution in [-0.4, -0.2) is 40.3 Å². The number of carbonyl (C=O) groups is 2. The van der Waals surface area contributed by atoms with Crippen molar-refractivity contribution in [2.45, 2.75) is 65.3 Å². The van der Waals surface area contributed by atoms with Crippen LogP contribution in [0.15, 0.2) is 71.6 Å². The Bertz CT molecular complexity index is 1270. The Kier molecular flexibility index (Phi) is 7.67. The third-order valence-corrected chi connectivity index (χ3v) is 9.09. The molecule has 1 aromatic carbocycles. The fourth-order valence-corrected chi connectivity index (χ4v) is 6.67. The van der Waals surface area contributed by atoms with E-state index in [0.29, 0.717) is 18.0 Å². The maximum atomic E-state index is 13.2. The van der Waals surface area contributed by atoms with E-state index in [1.165, 1.54) is 24.9 Å². The van der Waals surface area contributed by atoms with Gasteiger partial charge in [-0.25, -0.2) is 0 Å². The highest BCUT2D eigenvalue weighted by molar-refractivity contribution is 6.05. The second kappa shape index (κ2) is 10.5. The summed E-state index contributed by atoms with van der Waals surface area (Å²) in [6.45, 7) is 10.3. The largest absolute Gasteiger partial charge is 0.481 e. The predicted octanol–water partition coefficient (Wildman–Crippen LogP) is 6.31. The number of likely N-dealkylation sites (tertiary alicyclic amines) is 1. The third-order valence-electron chi connectivity index (χ3n) is 9.09. The highest BCUT2D eigenvalue weighted by Gasteiger charge is 2.87. The number of Topliss-reactive ketones (excluding diaryl/α,β-unsaturated/α-hetero) is 1. The average molecular weight is 517 g/mol. The zero-order valence-corrected chi connectivity index (χ0v) is 23.4. The van der Waals surface area contributed by atoms with Gasteiger partial charge in [-0.3, -0.25) is 19.5 Å². The quantitative estimate of drug-likeness (QED) is 0.396. The third kappa shape index (κ3) is 4.39.